The Kier molecular flexibility index (Phi) is 4.02. The van der Waals surface area contributed by atoms with Gasteiger partial charge < -0.3 is 9.47 Å². The molecule has 1 aliphatic heterocycles. The van der Waals surface area contributed by atoms with E-state index in [2.05, 4.69) is 39.9 Å². The number of methoxy groups -OCH3 is 1. The topological polar surface area (TPSA) is 62.1 Å². The Morgan fingerprint density at radius 3 is 2.82 bits per heavy atom. The smallest absolute Gasteiger partial charge is 0.216 e. The Hall–Kier alpha value is -2.99. The van der Waals surface area contributed by atoms with E-state index in [4.69, 9.17) is 14.5 Å². The van der Waals surface area contributed by atoms with Gasteiger partial charge in [-0.1, -0.05) is 12.1 Å². The van der Waals surface area contributed by atoms with Crippen molar-refractivity contribution in [3.8, 4) is 17.0 Å². The van der Waals surface area contributed by atoms with Crippen LogP contribution >= 0.6 is 0 Å². The number of fused-ring (bicyclic) bond motifs is 3. The average molecular weight is 374 g/mol. The van der Waals surface area contributed by atoms with Crippen molar-refractivity contribution in [3.63, 3.8) is 0 Å². The Bertz CT molecular complexity index is 1190. The first-order chi connectivity index (χ1) is 13.7. The van der Waals surface area contributed by atoms with Crippen LogP contribution in [0.15, 0.2) is 36.8 Å². The summed E-state index contributed by atoms with van der Waals surface area (Å²) in [5.41, 5.74) is 6.51. The quantitative estimate of drug-likeness (QED) is 0.537. The predicted molar refractivity (Wildman–Crippen MR) is 109 cm³/mol. The van der Waals surface area contributed by atoms with Gasteiger partial charge in [0.25, 0.3) is 0 Å². The zero-order valence-electron chi connectivity index (χ0n) is 16.3. The molecule has 4 aromatic rings. The maximum atomic E-state index is 5.57. The molecule has 0 saturated carbocycles. The van der Waals surface area contributed by atoms with Crippen molar-refractivity contribution in [1.29, 1.82) is 0 Å². The van der Waals surface area contributed by atoms with Crippen molar-refractivity contribution in [2.24, 2.45) is 0 Å². The van der Waals surface area contributed by atoms with Gasteiger partial charge in [-0.15, -0.1) is 0 Å². The second-order valence-electron chi connectivity index (χ2n) is 7.35. The summed E-state index contributed by atoms with van der Waals surface area (Å²) < 4.78 is 13.1. The van der Waals surface area contributed by atoms with E-state index in [1.54, 1.807) is 7.11 Å². The number of rotatable bonds is 3. The van der Waals surface area contributed by atoms with Gasteiger partial charge in [0.15, 0.2) is 0 Å². The molecule has 0 unspecified atom stereocenters. The number of aryl methyl sites for hydroxylation is 1. The summed E-state index contributed by atoms with van der Waals surface area (Å²) >= 11 is 0. The van der Waals surface area contributed by atoms with Crippen molar-refractivity contribution in [2.45, 2.75) is 26.3 Å². The van der Waals surface area contributed by atoms with Crippen molar-refractivity contribution in [3.05, 3.63) is 47.9 Å². The van der Waals surface area contributed by atoms with Gasteiger partial charge in [0.1, 0.15) is 0 Å². The van der Waals surface area contributed by atoms with E-state index in [-0.39, 0.29) is 6.04 Å². The van der Waals surface area contributed by atoms with Gasteiger partial charge in [-0.2, -0.15) is 5.10 Å². The van der Waals surface area contributed by atoms with Gasteiger partial charge in [0, 0.05) is 35.3 Å². The molecule has 1 aromatic carbocycles. The van der Waals surface area contributed by atoms with Gasteiger partial charge >= 0.3 is 0 Å². The number of pyridine rings is 2. The number of aromatic nitrogens is 4. The summed E-state index contributed by atoms with van der Waals surface area (Å²) in [7, 11) is 1.65. The lowest BCUT2D eigenvalue weighted by Crippen LogP contribution is -2.10. The molecule has 6 nitrogen and oxygen atoms in total. The van der Waals surface area contributed by atoms with Crippen molar-refractivity contribution < 1.29 is 9.47 Å². The fraction of sp³-hybridized carbons (Fsp3) is 0.318. The van der Waals surface area contributed by atoms with Crippen molar-refractivity contribution in [2.75, 3.05) is 20.3 Å². The highest BCUT2D eigenvalue weighted by Crippen LogP contribution is 2.35. The highest BCUT2D eigenvalue weighted by molar-refractivity contribution is 6.04. The lowest BCUT2D eigenvalue weighted by molar-refractivity contribution is 0.185. The molecule has 3 aromatic heterocycles. The zero-order chi connectivity index (χ0) is 19.3. The Labute approximate surface area is 163 Å². The molecule has 0 N–H and O–H groups in total. The van der Waals surface area contributed by atoms with Gasteiger partial charge in [0.05, 0.1) is 37.0 Å². The van der Waals surface area contributed by atoms with Gasteiger partial charge in [-0.3, -0.25) is 9.67 Å². The molecule has 142 valence electrons. The largest absolute Gasteiger partial charge is 0.481 e. The number of nitrogens with zero attached hydrogens (tertiary/aromatic N) is 4. The summed E-state index contributed by atoms with van der Waals surface area (Å²) in [6.07, 6.45) is 6.66. The van der Waals surface area contributed by atoms with Crippen LogP contribution in [0.25, 0.3) is 32.9 Å². The summed E-state index contributed by atoms with van der Waals surface area (Å²) in [5.74, 6) is 0.656. The second kappa shape index (κ2) is 6.56. The van der Waals surface area contributed by atoms with Crippen LogP contribution < -0.4 is 4.74 Å². The van der Waals surface area contributed by atoms with E-state index in [1.165, 1.54) is 0 Å². The zero-order valence-corrected chi connectivity index (χ0v) is 16.3. The van der Waals surface area contributed by atoms with Crippen LogP contribution in [0.3, 0.4) is 0 Å². The van der Waals surface area contributed by atoms with E-state index >= 15 is 0 Å². The molecular weight excluding hydrogens is 352 g/mol. The predicted octanol–water partition coefficient (Wildman–Crippen LogP) is 4.23. The summed E-state index contributed by atoms with van der Waals surface area (Å²) in [5, 5.41) is 6.80. The maximum Gasteiger partial charge on any atom is 0.216 e. The lowest BCUT2D eigenvalue weighted by atomic mass is 9.96. The molecule has 1 fully saturated rings. The van der Waals surface area contributed by atoms with Crippen LogP contribution in [0, 0.1) is 13.8 Å². The first kappa shape index (κ1) is 17.1. The minimum absolute atomic E-state index is 0.289. The normalized spacial score (nSPS) is 16.9. The number of benzene rings is 1. The van der Waals surface area contributed by atoms with E-state index in [0.717, 1.165) is 57.1 Å². The van der Waals surface area contributed by atoms with Crippen LogP contribution in [-0.2, 0) is 4.74 Å². The summed E-state index contributed by atoms with van der Waals surface area (Å²) in [6.45, 7) is 5.63. The minimum atomic E-state index is 0.289. The molecule has 0 amide bonds. The summed E-state index contributed by atoms with van der Waals surface area (Å²) in [4.78, 5) is 9.08. The first-order valence-electron chi connectivity index (χ1n) is 9.51. The van der Waals surface area contributed by atoms with Crippen LogP contribution in [0.2, 0.25) is 0 Å². The number of hydrogen-bond donors (Lipinski definition) is 0. The third kappa shape index (κ3) is 2.56. The summed E-state index contributed by atoms with van der Waals surface area (Å²) in [6, 6.07) is 6.74. The molecule has 0 bridgehead atoms. The second-order valence-corrected chi connectivity index (χ2v) is 7.35. The van der Waals surface area contributed by atoms with E-state index < -0.39 is 0 Å². The molecule has 5 rings (SSSR count). The lowest BCUT2D eigenvalue weighted by Gasteiger charge is -2.14. The first-order valence-corrected chi connectivity index (χ1v) is 9.51. The fourth-order valence-electron chi connectivity index (χ4n) is 4.24. The molecule has 1 saturated heterocycles. The average Bonchev–Trinajstić information content (AvgIpc) is 3.37. The third-order valence-corrected chi connectivity index (χ3v) is 5.62. The number of ether oxygens (including phenoxy) is 2. The van der Waals surface area contributed by atoms with E-state index in [1.807, 2.05) is 25.5 Å². The molecule has 0 radical (unpaired) electrons. The molecule has 1 aliphatic rings. The maximum absolute atomic E-state index is 5.57. The Morgan fingerprint density at radius 1 is 1.14 bits per heavy atom. The standard InChI is InChI=1S/C22H22N4O2/c1-13-9-24-22(27-3)14(2)20(13)15-4-5-18-19(8-15)23-10-16-11-25-26(21(16)18)17-6-7-28-12-17/h4-5,8-11,17H,6-7,12H2,1-3H3/t17-/m0/s1. The SMILES string of the molecule is COc1ncc(C)c(-c2ccc3c(c2)ncc2cnn([C@H]4CCOC4)c23)c1C. The van der Waals surface area contributed by atoms with E-state index in [0.29, 0.717) is 12.5 Å². The Morgan fingerprint density at radius 2 is 2.04 bits per heavy atom. The highest BCUT2D eigenvalue weighted by atomic mass is 16.5. The molecular formula is C22H22N4O2. The Balaban J connectivity index is 1.71. The fourth-order valence-corrected chi connectivity index (χ4v) is 4.24. The highest BCUT2D eigenvalue weighted by Gasteiger charge is 2.21. The molecule has 28 heavy (non-hydrogen) atoms. The van der Waals surface area contributed by atoms with E-state index in [9.17, 15) is 0 Å². The third-order valence-electron chi connectivity index (χ3n) is 5.62. The van der Waals surface area contributed by atoms with Crippen LogP contribution in [0.5, 0.6) is 5.88 Å². The molecule has 0 spiro atoms. The van der Waals surface area contributed by atoms with Crippen molar-refractivity contribution in [1.82, 2.24) is 19.7 Å². The van der Waals surface area contributed by atoms with Gasteiger partial charge in [-0.05, 0) is 43.0 Å². The number of hydrogen-bond acceptors (Lipinski definition) is 5. The van der Waals surface area contributed by atoms with Crippen LogP contribution in [-0.4, -0.2) is 40.1 Å². The molecule has 1 atom stereocenters. The molecule has 4 heterocycles. The van der Waals surface area contributed by atoms with Crippen molar-refractivity contribution >= 4 is 21.8 Å². The van der Waals surface area contributed by atoms with Gasteiger partial charge in [0.2, 0.25) is 5.88 Å². The minimum Gasteiger partial charge on any atom is -0.481 e. The van der Waals surface area contributed by atoms with Crippen LogP contribution in [0.4, 0.5) is 0 Å². The molecule has 6 heteroatoms. The van der Waals surface area contributed by atoms with Crippen LogP contribution in [0.1, 0.15) is 23.6 Å². The van der Waals surface area contributed by atoms with Gasteiger partial charge in [-0.25, -0.2) is 4.98 Å². The molecule has 0 aliphatic carbocycles. The monoisotopic (exact) mass is 374 g/mol.